The van der Waals surface area contributed by atoms with E-state index >= 15 is 0 Å². The average Bonchev–Trinajstić information content (AvgIpc) is 3.09. The van der Waals surface area contributed by atoms with Gasteiger partial charge in [0.15, 0.2) is 5.03 Å². The Hall–Kier alpha value is -1.65. The molecule has 0 aromatic carbocycles. The molecule has 0 N–H and O–H groups in total. The first-order valence-corrected chi connectivity index (χ1v) is 10.2. The van der Waals surface area contributed by atoms with Gasteiger partial charge in [-0.2, -0.15) is 17.5 Å². The molecule has 6 nitrogen and oxygen atoms in total. The van der Waals surface area contributed by atoms with Crippen LogP contribution < -0.4 is 0 Å². The molecule has 0 saturated carbocycles. The summed E-state index contributed by atoms with van der Waals surface area (Å²) in [6, 6.07) is -0.0787. The Morgan fingerprint density at radius 3 is 2.63 bits per heavy atom. The maximum atomic E-state index is 13.1. The predicted octanol–water partition coefficient (Wildman–Crippen LogP) is 4.22. The van der Waals surface area contributed by atoms with Crippen LogP contribution in [0.5, 0.6) is 0 Å². The number of nitrogens with zero attached hydrogens (tertiary/aromatic N) is 3. The van der Waals surface area contributed by atoms with Crippen LogP contribution in [0, 0.1) is 0 Å². The smallest absolute Gasteiger partial charge is 0.417 e. The summed E-state index contributed by atoms with van der Waals surface area (Å²) >= 11 is 5.85. The highest BCUT2D eigenvalue weighted by molar-refractivity contribution is 7.89. The van der Waals surface area contributed by atoms with Crippen LogP contribution in [0.4, 0.5) is 13.2 Å². The van der Waals surface area contributed by atoms with Crippen molar-refractivity contribution in [3.63, 3.8) is 0 Å². The zero-order valence-corrected chi connectivity index (χ0v) is 15.9. The lowest BCUT2D eigenvalue weighted by atomic mass is 10.1. The molecule has 3 heterocycles. The fraction of sp³-hybridized carbons (Fsp3) is 0.500. The van der Waals surface area contributed by atoms with E-state index in [0.717, 1.165) is 10.7 Å². The molecule has 1 atom stereocenters. The molecule has 1 aliphatic rings. The number of rotatable bonds is 4. The van der Waals surface area contributed by atoms with Crippen LogP contribution in [-0.4, -0.2) is 29.2 Å². The van der Waals surface area contributed by atoms with Gasteiger partial charge in [0.2, 0.25) is 5.89 Å². The molecular formula is C16H17ClF3N3O3S. The molecule has 3 rings (SSSR count). The standard InChI is InChI=1S/C16H17ClF3N3O3S/c1-2-11-9-21-14(26-11)13-5-3-4-6-23(13)27(24,25)15-12(17)7-10(8-22-15)16(18,19)20/h7-9,13H,2-6H2,1H3/t13-/m0/s1. The Balaban J connectivity index is 1.99. The van der Waals surface area contributed by atoms with Gasteiger partial charge in [-0.25, -0.2) is 18.4 Å². The highest BCUT2D eigenvalue weighted by Crippen LogP contribution is 2.38. The summed E-state index contributed by atoms with van der Waals surface area (Å²) in [5.74, 6) is 0.886. The zero-order valence-electron chi connectivity index (χ0n) is 14.3. The van der Waals surface area contributed by atoms with Gasteiger partial charge < -0.3 is 4.42 Å². The highest BCUT2D eigenvalue weighted by atomic mass is 35.5. The maximum absolute atomic E-state index is 13.1. The van der Waals surface area contributed by atoms with E-state index < -0.39 is 37.9 Å². The summed E-state index contributed by atoms with van der Waals surface area (Å²) in [5, 5.41) is -1.18. The second kappa shape index (κ2) is 7.40. The minimum absolute atomic E-state index is 0.176. The first-order chi connectivity index (χ1) is 12.6. The summed E-state index contributed by atoms with van der Waals surface area (Å²) < 4.78 is 71.3. The van der Waals surface area contributed by atoms with Gasteiger partial charge in [-0.15, -0.1) is 0 Å². The van der Waals surface area contributed by atoms with Crippen molar-refractivity contribution < 1.29 is 26.0 Å². The monoisotopic (exact) mass is 423 g/mol. The quantitative estimate of drug-likeness (QED) is 0.735. The van der Waals surface area contributed by atoms with Crippen molar-refractivity contribution in [3.8, 4) is 0 Å². The Morgan fingerprint density at radius 1 is 1.30 bits per heavy atom. The molecule has 2 aromatic rings. The van der Waals surface area contributed by atoms with Crippen LogP contribution in [0.25, 0.3) is 0 Å². The van der Waals surface area contributed by atoms with Gasteiger partial charge in [-0.3, -0.25) is 0 Å². The zero-order chi connectivity index (χ0) is 19.8. The van der Waals surface area contributed by atoms with E-state index in [0.29, 0.717) is 37.3 Å². The fourth-order valence-corrected chi connectivity index (χ4v) is 5.03. The lowest BCUT2D eigenvalue weighted by Gasteiger charge is -2.32. The third-order valence-electron chi connectivity index (χ3n) is 4.35. The number of alkyl halides is 3. The lowest BCUT2D eigenvalue weighted by molar-refractivity contribution is -0.137. The molecule has 0 amide bonds. The van der Waals surface area contributed by atoms with Crippen molar-refractivity contribution in [2.75, 3.05) is 6.54 Å². The van der Waals surface area contributed by atoms with Crippen LogP contribution in [0.2, 0.25) is 5.02 Å². The van der Waals surface area contributed by atoms with Crippen LogP contribution in [0.3, 0.4) is 0 Å². The van der Waals surface area contributed by atoms with Gasteiger partial charge >= 0.3 is 6.18 Å². The number of hydrogen-bond donors (Lipinski definition) is 0. The van der Waals surface area contributed by atoms with Crippen LogP contribution in [-0.2, 0) is 22.6 Å². The Morgan fingerprint density at radius 2 is 2.04 bits per heavy atom. The van der Waals surface area contributed by atoms with Crippen LogP contribution in [0.1, 0.15) is 49.4 Å². The van der Waals surface area contributed by atoms with Crippen molar-refractivity contribution in [3.05, 3.63) is 40.7 Å². The van der Waals surface area contributed by atoms with Gasteiger partial charge in [0.05, 0.1) is 16.8 Å². The van der Waals surface area contributed by atoms with Gasteiger partial charge in [0.1, 0.15) is 11.8 Å². The largest absolute Gasteiger partial charge is 0.444 e. The number of sulfonamides is 1. The molecule has 1 fully saturated rings. The van der Waals surface area contributed by atoms with Crippen LogP contribution >= 0.6 is 11.6 Å². The van der Waals surface area contributed by atoms with Crippen molar-refractivity contribution in [1.29, 1.82) is 0 Å². The SMILES string of the molecule is CCc1cnc([C@@H]2CCCCN2S(=O)(=O)c2ncc(C(F)(F)F)cc2Cl)o1. The fourth-order valence-electron chi connectivity index (χ4n) is 2.96. The van der Waals surface area contributed by atoms with Crippen molar-refractivity contribution in [1.82, 2.24) is 14.3 Å². The summed E-state index contributed by atoms with van der Waals surface area (Å²) in [5.41, 5.74) is -1.11. The van der Waals surface area contributed by atoms with Gasteiger partial charge in [0, 0.05) is 19.2 Å². The van der Waals surface area contributed by atoms with Crippen LogP contribution in [0.15, 0.2) is 27.9 Å². The number of halogens is 4. The summed E-state index contributed by atoms with van der Waals surface area (Å²) in [7, 11) is -4.23. The minimum atomic E-state index is -4.67. The van der Waals surface area contributed by atoms with E-state index in [-0.39, 0.29) is 12.4 Å². The molecule has 0 aliphatic carbocycles. The topological polar surface area (TPSA) is 76.3 Å². The molecule has 1 aliphatic heterocycles. The number of aromatic nitrogens is 2. The average molecular weight is 424 g/mol. The summed E-state index contributed by atoms with van der Waals surface area (Å²) in [4.78, 5) is 7.67. The van der Waals surface area contributed by atoms with Gasteiger partial charge in [-0.05, 0) is 18.9 Å². The molecule has 27 heavy (non-hydrogen) atoms. The number of aryl methyl sites for hydroxylation is 1. The minimum Gasteiger partial charge on any atom is -0.444 e. The molecule has 0 bridgehead atoms. The third kappa shape index (κ3) is 3.97. The molecule has 2 aromatic heterocycles. The van der Waals surface area contributed by atoms with E-state index in [4.69, 9.17) is 16.0 Å². The van der Waals surface area contributed by atoms with E-state index in [2.05, 4.69) is 9.97 Å². The summed E-state index contributed by atoms with van der Waals surface area (Å²) in [6.07, 6.45) is -0.179. The first kappa shape index (κ1) is 20.1. The normalized spacial score (nSPS) is 19.4. The van der Waals surface area contributed by atoms with E-state index in [1.54, 1.807) is 0 Å². The summed E-state index contributed by atoms with van der Waals surface area (Å²) in [6.45, 7) is 2.06. The lowest BCUT2D eigenvalue weighted by Crippen LogP contribution is -2.39. The number of pyridine rings is 1. The van der Waals surface area contributed by atoms with Crippen molar-refractivity contribution in [2.24, 2.45) is 0 Å². The predicted molar refractivity (Wildman–Crippen MR) is 90.6 cm³/mol. The number of piperidine rings is 1. The Kier molecular flexibility index (Phi) is 5.51. The van der Waals surface area contributed by atoms with Crippen molar-refractivity contribution in [2.45, 2.75) is 49.9 Å². The molecule has 11 heteroatoms. The van der Waals surface area contributed by atoms with Gasteiger partial charge in [-0.1, -0.05) is 24.9 Å². The molecular weight excluding hydrogens is 407 g/mol. The molecule has 1 saturated heterocycles. The third-order valence-corrected chi connectivity index (χ3v) is 6.62. The van der Waals surface area contributed by atoms with E-state index in [9.17, 15) is 21.6 Å². The number of oxazole rings is 1. The van der Waals surface area contributed by atoms with Crippen molar-refractivity contribution >= 4 is 21.6 Å². The molecule has 0 unspecified atom stereocenters. The Bertz CT molecular complexity index is 930. The molecule has 148 valence electrons. The maximum Gasteiger partial charge on any atom is 0.417 e. The first-order valence-electron chi connectivity index (χ1n) is 8.33. The second-order valence-electron chi connectivity index (χ2n) is 6.15. The highest BCUT2D eigenvalue weighted by Gasteiger charge is 2.40. The molecule has 0 radical (unpaired) electrons. The number of hydrogen-bond acceptors (Lipinski definition) is 5. The Labute approximate surface area is 159 Å². The van der Waals surface area contributed by atoms with E-state index in [1.165, 1.54) is 6.20 Å². The van der Waals surface area contributed by atoms with E-state index in [1.807, 2.05) is 6.92 Å². The molecule has 0 spiro atoms. The van der Waals surface area contributed by atoms with Gasteiger partial charge in [0.25, 0.3) is 10.0 Å². The second-order valence-corrected chi connectivity index (χ2v) is 8.37.